The first-order valence-electron chi connectivity index (χ1n) is 6.88. The third-order valence-electron chi connectivity index (χ3n) is 2.96. The van der Waals surface area contributed by atoms with Gasteiger partial charge in [0.25, 0.3) is 11.5 Å². The zero-order valence-electron chi connectivity index (χ0n) is 12.2. The number of carbonyl (C=O) groups excluding carboxylic acids is 1. The van der Waals surface area contributed by atoms with Gasteiger partial charge in [-0.1, -0.05) is 13.0 Å². The lowest BCUT2D eigenvalue weighted by Gasteiger charge is -2.07. The summed E-state index contributed by atoms with van der Waals surface area (Å²) in [7, 11) is 0. The van der Waals surface area contributed by atoms with E-state index in [1.807, 2.05) is 26.0 Å². The second kappa shape index (κ2) is 6.78. The highest BCUT2D eigenvalue weighted by atomic mass is 16.2. The summed E-state index contributed by atoms with van der Waals surface area (Å²) in [5, 5.41) is 6.83. The Morgan fingerprint density at radius 1 is 1.29 bits per heavy atom. The summed E-state index contributed by atoms with van der Waals surface area (Å²) >= 11 is 0. The Bertz CT molecular complexity index is 677. The molecule has 0 aliphatic carbocycles. The number of hydrogen-bond donors (Lipinski definition) is 1. The van der Waals surface area contributed by atoms with Gasteiger partial charge in [-0.3, -0.25) is 14.6 Å². The molecule has 6 nitrogen and oxygen atoms in total. The number of rotatable bonds is 5. The molecular weight excluding hydrogens is 268 g/mol. The minimum Gasteiger partial charge on any atom is -0.347 e. The van der Waals surface area contributed by atoms with Crippen LogP contribution >= 0.6 is 0 Å². The van der Waals surface area contributed by atoms with E-state index >= 15 is 0 Å². The van der Waals surface area contributed by atoms with Crippen LogP contribution in [0.25, 0.3) is 0 Å². The highest BCUT2D eigenvalue weighted by Crippen LogP contribution is 1.99. The van der Waals surface area contributed by atoms with Crippen LogP contribution in [0.15, 0.2) is 35.3 Å². The predicted molar refractivity (Wildman–Crippen MR) is 78.9 cm³/mol. The van der Waals surface area contributed by atoms with Crippen LogP contribution in [-0.2, 0) is 13.1 Å². The molecule has 0 fully saturated rings. The van der Waals surface area contributed by atoms with E-state index in [-0.39, 0.29) is 17.2 Å². The molecule has 0 unspecified atom stereocenters. The van der Waals surface area contributed by atoms with Crippen molar-refractivity contribution in [3.05, 3.63) is 57.8 Å². The molecule has 0 aromatic carbocycles. The molecule has 0 aliphatic heterocycles. The summed E-state index contributed by atoms with van der Waals surface area (Å²) in [6.45, 7) is 4.73. The van der Waals surface area contributed by atoms with Crippen LogP contribution in [-0.4, -0.2) is 20.7 Å². The van der Waals surface area contributed by atoms with Gasteiger partial charge in [0.15, 0.2) is 0 Å². The van der Waals surface area contributed by atoms with E-state index in [0.717, 1.165) is 17.7 Å². The monoisotopic (exact) mass is 286 g/mol. The average Bonchev–Trinajstić information content (AvgIpc) is 2.49. The van der Waals surface area contributed by atoms with Gasteiger partial charge >= 0.3 is 0 Å². The first-order chi connectivity index (χ1) is 10.1. The Kier molecular flexibility index (Phi) is 4.81. The van der Waals surface area contributed by atoms with Crippen molar-refractivity contribution < 1.29 is 4.79 Å². The van der Waals surface area contributed by atoms with Crippen LogP contribution in [0, 0.1) is 6.92 Å². The topological polar surface area (TPSA) is 76.9 Å². The highest BCUT2D eigenvalue weighted by molar-refractivity contribution is 5.91. The number of pyridine rings is 1. The van der Waals surface area contributed by atoms with Crippen molar-refractivity contribution >= 4 is 5.91 Å². The molecule has 21 heavy (non-hydrogen) atoms. The maximum atomic E-state index is 12.0. The molecule has 2 aromatic heterocycles. The first-order valence-corrected chi connectivity index (χ1v) is 6.88. The van der Waals surface area contributed by atoms with E-state index in [0.29, 0.717) is 13.1 Å². The van der Waals surface area contributed by atoms with E-state index in [1.54, 1.807) is 6.20 Å². The van der Waals surface area contributed by atoms with E-state index in [9.17, 15) is 9.59 Å². The fourth-order valence-corrected chi connectivity index (χ4v) is 1.82. The van der Waals surface area contributed by atoms with Crippen LogP contribution < -0.4 is 10.9 Å². The van der Waals surface area contributed by atoms with Crippen molar-refractivity contribution in [1.29, 1.82) is 0 Å². The first kappa shape index (κ1) is 14.9. The van der Waals surface area contributed by atoms with Crippen molar-refractivity contribution in [2.45, 2.75) is 33.4 Å². The zero-order valence-corrected chi connectivity index (χ0v) is 12.2. The maximum absolute atomic E-state index is 12.0. The summed E-state index contributed by atoms with van der Waals surface area (Å²) in [6, 6.07) is 6.61. The van der Waals surface area contributed by atoms with E-state index < -0.39 is 0 Å². The van der Waals surface area contributed by atoms with Gasteiger partial charge in [-0.25, -0.2) is 4.68 Å². The number of aromatic nitrogens is 3. The van der Waals surface area contributed by atoms with Gasteiger partial charge in [0.2, 0.25) is 0 Å². The summed E-state index contributed by atoms with van der Waals surface area (Å²) in [6.07, 6.45) is 2.51. The van der Waals surface area contributed by atoms with Crippen molar-refractivity contribution in [3.63, 3.8) is 0 Å². The molecule has 6 heteroatoms. The molecule has 1 amide bonds. The number of amides is 1. The second-order valence-electron chi connectivity index (χ2n) is 4.77. The van der Waals surface area contributed by atoms with Gasteiger partial charge in [-0.05, 0) is 31.0 Å². The molecule has 0 radical (unpaired) electrons. The summed E-state index contributed by atoms with van der Waals surface area (Å²) in [5.74, 6) is -0.305. The third-order valence-corrected chi connectivity index (χ3v) is 2.96. The van der Waals surface area contributed by atoms with Crippen molar-refractivity contribution in [2.24, 2.45) is 0 Å². The van der Waals surface area contributed by atoms with Crippen molar-refractivity contribution in [1.82, 2.24) is 20.1 Å². The molecule has 0 aliphatic rings. The Hall–Kier alpha value is -2.50. The van der Waals surface area contributed by atoms with Crippen LogP contribution in [0.1, 0.15) is 35.1 Å². The summed E-state index contributed by atoms with van der Waals surface area (Å²) in [4.78, 5) is 27.8. The SMILES string of the molecule is CCCn1nc(C(=O)NCc2ccc(C)nc2)ccc1=O. The molecule has 2 aromatic rings. The Labute approximate surface area is 122 Å². The van der Waals surface area contributed by atoms with E-state index in [4.69, 9.17) is 0 Å². The van der Waals surface area contributed by atoms with Gasteiger partial charge in [0, 0.05) is 31.0 Å². The van der Waals surface area contributed by atoms with E-state index in [1.165, 1.54) is 16.8 Å². The molecule has 1 N–H and O–H groups in total. The van der Waals surface area contributed by atoms with Crippen molar-refractivity contribution in [3.8, 4) is 0 Å². The largest absolute Gasteiger partial charge is 0.347 e. The third kappa shape index (κ3) is 3.98. The van der Waals surface area contributed by atoms with Crippen LogP contribution in [0.3, 0.4) is 0 Å². The second-order valence-corrected chi connectivity index (χ2v) is 4.77. The lowest BCUT2D eigenvalue weighted by molar-refractivity contribution is 0.0943. The lowest BCUT2D eigenvalue weighted by atomic mass is 10.2. The highest BCUT2D eigenvalue weighted by Gasteiger charge is 2.09. The fraction of sp³-hybridized carbons (Fsp3) is 0.333. The molecule has 0 spiro atoms. The molecule has 0 saturated heterocycles. The standard InChI is InChI=1S/C15H18N4O2/c1-3-8-19-14(20)7-6-13(18-19)15(21)17-10-12-5-4-11(2)16-9-12/h4-7,9H,3,8,10H2,1-2H3,(H,17,21). The summed E-state index contributed by atoms with van der Waals surface area (Å²) in [5.41, 5.74) is 1.88. The van der Waals surface area contributed by atoms with Crippen LogP contribution in [0.4, 0.5) is 0 Å². The zero-order chi connectivity index (χ0) is 15.2. The fourth-order valence-electron chi connectivity index (χ4n) is 1.82. The minimum atomic E-state index is -0.305. The number of hydrogen-bond acceptors (Lipinski definition) is 4. The number of aryl methyl sites for hydroxylation is 2. The maximum Gasteiger partial charge on any atom is 0.271 e. The van der Waals surface area contributed by atoms with Gasteiger partial charge < -0.3 is 5.32 Å². The number of carbonyl (C=O) groups is 1. The smallest absolute Gasteiger partial charge is 0.271 e. The summed E-state index contributed by atoms with van der Waals surface area (Å²) < 4.78 is 1.31. The minimum absolute atomic E-state index is 0.198. The van der Waals surface area contributed by atoms with Crippen LogP contribution in [0.2, 0.25) is 0 Å². The van der Waals surface area contributed by atoms with Gasteiger partial charge in [-0.2, -0.15) is 5.10 Å². The van der Waals surface area contributed by atoms with Crippen LogP contribution in [0.5, 0.6) is 0 Å². The Morgan fingerprint density at radius 3 is 2.76 bits per heavy atom. The van der Waals surface area contributed by atoms with Gasteiger partial charge in [-0.15, -0.1) is 0 Å². The average molecular weight is 286 g/mol. The molecular formula is C15H18N4O2. The molecule has 0 saturated carbocycles. The van der Waals surface area contributed by atoms with Gasteiger partial charge in [0.1, 0.15) is 5.69 Å². The normalized spacial score (nSPS) is 10.4. The number of nitrogens with one attached hydrogen (secondary N) is 1. The molecule has 0 atom stereocenters. The predicted octanol–water partition coefficient (Wildman–Crippen LogP) is 1.29. The lowest BCUT2D eigenvalue weighted by Crippen LogP contribution is -2.29. The molecule has 0 bridgehead atoms. The van der Waals surface area contributed by atoms with Crippen molar-refractivity contribution in [2.75, 3.05) is 0 Å². The Morgan fingerprint density at radius 2 is 2.10 bits per heavy atom. The quantitative estimate of drug-likeness (QED) is 0.898. The number of nitrogens with zero attached hydrogens (tertiary/aromatic N) is 3. The molecule has 2 rings (SSSR count). The molecule has 2 heterocycles. The van der Waals surface area contributed by atoms with Gasteiger partial charge in [0.05, 0.1) is 0 Å². The Balaban J connectivity index is 2.04. The molecule has 110 valence electrons. The van der Waals surface area contributed by atoms with E-state index in [2.05, 4.69) is 15.4 Å².